The van der Waals surface area contributed by atoms with Gasteiger partial charge in [-0.05, 0) is 37.1 Å². The number of rotatable bonds is 5. The molecule has 0 bridgehead atoms. The molecule has 1 amide bonds. The summed E-state index contributed by atoms with van der Waals surface area (Å²) < 4.78 is 0. The van der Waals surface area contributed by atoms with E-state index in [4.69, 9.17) is 11.0 Å². The molecule has 0 fully saturated rings. The lowest BCUT2D eigenvalue weighted by molar-refractivity contribution is 0.0895. The normalized spacial score (nSPS) is 10.2. The maximum absolute atomic E-state index is 12.1. The highest BCUT2D eigenvalue weighted by Crippen LogP contribution is 2.14. The van der Waals surface area contributed by atoms with Gasteiger partial charge in [0.05, 0.1) is 17.2 Å². The second-order valence-corrected chi connectivity index (χ2v) is 4.33. The van der Waals surface area contributed by atoms with Crippen molar-refractivity contribution in [3.63, 3.8) is 0 Å². The largest absolute Gasteiger partial charge is 0.345 e. The van der Waals surface area contributed by atoms with Gasteiger partial charge in [-0.15, -0.1) is 12.4 Å². The number of nitrogens with zero attached hydrogens (tertiary/aromatic N) is 1. The van der Waals surface area contributed by atoms with Crippen LogP contribution in [0.1, 0.15) is 42.6 Å². The standard InChI is InChI=1S/C14H19N3O.ClH/c1-3-14(4-2,10-16)17-13(18)12-7-5-11(9-15)6-8-12;/h5-8H,3-4,10,16H2,1-2H3,(H,17,18);1H. The van der Waals surface area contributed by atoms with Gasteiger partial charge in [-0.2, -0.15) is 5.26 Å². The van der Waals surface area contributed by atoms with Crippen LogP contribution in [0.2, 0.25) is 0 Å². The van der Waals surface area contributed by atoms with Crippen molar-refractivity contribution in [2.45, 2.75) is 32.2 Å². The SMILES string of the molecule is CCC(CC)(CN)NC(=O)c1ccc(C#N)cc1.Cl. The van der Waals surface area contributed by atoms with Gasteiger partial charge in [0.15, 0.2) is 0 Å². The quantitative estimate of drug-likeness (QED) is 0.869. The summed E-state index contributed by atoms with van der Waals surface area (Å²) in [6, 6.07) is 8.60. The Balaban J connectivity index is 0.00000324. The predicted molar refractivity (Wildman–Crippen MR) is 78.2 cm³/mol. The van der Waals surface area contributed by atoms with Crippen LogP contribution < -0.4 is 11.1 Å². The fourth-order valence-electron chi connectivity index (χ4n) is 1.78. The van der Waals surface area contributed by atoms with Gasteiger partial charge in [0.1, 0.15) is 0 Å². The number of hydrogen-bond acceptors (Lipinski definition) is 3. The van der Waals surface area contributed by atoms with Crippen molar-refractivity contribution in [3.05, 3.63) is 35.4 Å². The van der Waals surface area contributed by atoms with Gasteiger partial charge in [0.25, 0.3) is 5.91 Å². The fourth-order valence-corrected chi connectivity index (χ4v) is 1.78. The molecule has 19 heavy (non-hydrogen) atoms. The molecule has 0 heterocycles. The molecule has 5 heteroatoms. The maximum Gasteiger partial charge on any atom is 0.251 e. The lowest BCUT2D eigenvalue weighted by Crippen LogP contribution is -2.52. The highest BCUT2D eigenvalue weighted by molar-refractivity contribution is 5.94. The van der Waals surface area contributed by atoms with Crippen molar-refractivity contribution in [1.82, 2.24) is 5.32 Å². The van der Waals surface area contributed by atoms with Crippen LogP contribution in [0.15, 0.2) is 24.3 Å². The monoisotopic (exact) mass is 281 g/mol. The van der Waals surface area contributed by atoms with Crippen molar-refractivity contribution in [2.24, 2.45) is 5.73 Å². The highest BCUT2D eigenvalue weighted by Gasteiger charge is 2.26. The molecule has 1 aromatic rings. The Hall–Kier alpha value is -1.57. The van der Waals surface area contributed by atoms with E-state index in [-0.39, 0.29) is 23.9 Å². The molecule has 0 saturated heterocycles. The minimum atomic E-state index is -0.342. The molecule has 0 saturated carbocycles. The summed E-state index contributed by atoms with van der Waals surface area (Å²) in [7, 11) is 0. The Morgan fingerprint density at radius 2 is 1.84 bits per heavy atom. The van der Waals surface area contributed by atoms with E-state index in [1.165, 1.54) is 0 Å². The van der Waals surface area contributed by atoms with E-state index in [0.717, 1.165) is 12.8 Å². The first-order valence-electron chi connectivity index (χ1n) is 6.13. The minimum Gasteiger partial charge on any atom is -0.345 e. The minimum absolute atomic E-state index is 0. The number of nitriles is 1. The summed E-state index contributed by atoms with van der Waals surface area (Å²) >= 11 is 0. The number of amides is 1. The zero-order valence-corrected chi connectivity index (χ0v) is 12.1. The number of halogens is 1. The average molecular weight is 282 g/mol. The number of carbonyl (C=O) groups excluding carboxylic acids is 1. The summed E-state index contributed by atoms with van der Waals surface area (Å²) in [5.74, 6) is -0.145. The van der Waals surface area contributed by atoms with Gasteiger partial charge in [-0.1, -0.05) is 13.8 Å². The van der Waals surface area contributed by atoms with Gasteiger partial charge in [-0.3, -0.25) is 4.79 Å². The molecule has 3 N–H and O–H groups in total. The van der Waals surface area contributed by atoms with Crippen LogP contribution in [0.3, 0.4) is 0 Å². The Morgan fingerprint density at radius 1 is 1.32 bits per heavy atom. The van der Waals surface area contributed by atoms with Crippen molar-refractivity contribution in [1.29, 1.82) is 5.26 Å². The number of nitrogens with two attached hydrogens (primary N) is 1. The summed E-state index contributed by atoms with van der Waals surface area (Å²) in [4.78, 5) is 12.1. The smallest absolute Gasteiger partial charge is 0.251 e. The molecule has 4 nitrogen and oxygen atoms in total. The van der Waals surface area contributed by atoms with E-state index < -0.39 is 0 Å². The highest BCUT2D eigenvalue weighted by atomic mass is 35.5. The van der Waals surface area contributed by atoms with Crippen LogP contribution in [0.25, 0.3) is 0 Å². The fraction of sp³-hybridized carbons (Fsp3) is 0.429. The van der Waals surface area contributed by atoms with Gasteiger partial charge >= 0.3 is 0 Å². The van der Waals surface area contributed by atoms with E-state index in [9.17, 15) is 4.79 Å². The number of nitrogens with one attached hydrogen (secondary N) is 1. The molecule has 0 aromatic heterocycles. The third-order valence-electron chi connectivity index (χ3n) is 3.40. The number of hydrogen-bond donors (Lipinski definition) is 2. The van der Waals surface area contributed by atoms with Crippen LogP contribution in [-0.2, 0) is 0 Å². The molecule has 104 valence electrons. The Morgan fingerprint density at radius 3 is 2.21 bits per heavy atom. The molecule has 0 atom stereocenters. The number of carbonyl (C=O) groups is 1. The molecular weight excluding hydrogens is 262 g/mol. The van der Waals surface area contributed by atoms with Gasteiger partial charge in [0, 0.05) is 12.1 Å². The maximum atomic E-state index is 12.1. The van der Waals surface area contributed by atoms with Gasteiger partial charge < -0.3 is 11.1 Å². The van der Waals surface area contributed by atoms with E-state index >= 15 is 0 Å². The molecule has 1 aromatic carbocycles. The average Bonchev–Trinajstić information content (AvgIpc) is 2.45. The number of benzene rings is 1. The Bertz CT molecular complexity index is 438. The molecule has 0 unspecified atom stereocenters. The lowest BCUT2D eigenvalue weighted by atomic mass is 9.92. The molecule has 0 aliphatic carbocycles. The van der Waals surface area contributed by atoms with E-state index in [2.05, 4.69) is 5.32 Å². The summed E-state index contributed by atoms with van der Waals surface area (Å²) in [6.45, 7) is 4.44. The zero-order valence-electron chi connectivity index (χ0n) is 11.3. The predicted octanol–water partition coefficient (Wildman–Crippen LogP) is 2.23. The third kappa shape index (κ3) is 4.23. The molecular formula is C14H20ClN3O. The van der Waals surface area contributed by atoms with Crippen molar-refractivity contribution >= 4 is 18.3 Å². The molecule has 0 spiro atoms. The lowest BCUT2D eigenvalue weighted by Gasteiger charge is -2.31. The molecule has 1 rings (SSSR count). The van der Waals surface area contributed by atoms with Crippen LogP contribution >= 0.6 is 12.4 Å². The van der Waals surface area contributed by atoms with Crippen LogP contribution in [0.4, 0.5) is 0 Å². The first kappa shape index (κ1) is 17.4. The van der Waals surface area contributed by atoms with Gasteiger partial charge in [0.2, 0.25) is 0 Å². The summed E-state index contributed by atoms with van der Waals surface area (Å²) in [5.41, 5.74) is 6.49. The second kappa shape index (κ2) is 7.78. The topological polar surface area (TPSA) is 78.9 Å². The van der Waals surface area contributed by atoms with E-state index in [1.807, 2.05) is 19.9 Å². The van der Waals surface area contributed by atoms with Crippen molar-refractivity contribution in [3.8, 4) is 6.07 Å². The first-order valence-corrected chi connectivity index (χ1v) is 6.13. The Kier molecular flexibility index (Phi) is 7.13. The Labute approximate surface area is 120 Å². The van der Waals surface area contributed by atoms with Crippen LogP contribution in [0, 0.1) is 11.3 Å². The second-order valence-electron chi connectivity index (χ2n) is 4.33. The summed E-state index contributed by atoms with van der Waals surface area (Å²) in [5, 5.41) is 11.7. The molecule has 0 aliphatic heterocycles. The van der Waals surface area contributed by atoms with Crippen LogP contribution in [-0.4, -0.2) is 18.0 Å². The molecule has 0 radical (unpaired) electrons. The third-order valence-corrected chi connectivity index (χ3v) is 3.40. The first-order chi connectivity index (χ1) is 8.60. The zero-order chi connectivity index (χ0) is 13.6. The molecule has 0 aliphatic rings. The van der Waals surface area contributed by atoms with Crippen molar-refractivity contribution in [2.75, 3.05) is 6.54 Å². The van der Waals surface area contributed by atoms with E-state index in [0.29, 0.717) is 17.7 Å². The van der Waals surface area contributed by atoms with Crippen LogP contribution in [0.5, 0.6) is 0 Å². The van der Waals surface area contributed by atoms with E-state index in [1.54, 1.807) is 24.3 Å². The summed E-state index contributed by atoms with van der Waals surface area (Å²) in [6.07, 6.45) is 1.59. The van der Waals surface area contributed by atoms with Gasteiger partial charge in [-0.25, -0.2) is 0 Å². The van der Waals surface area contributed by atoms with Crippen molar-refractivity contribution < 1.29 is 4.79 Å².